The number of hydrogen-bond acceptors (Lipinski definition) is 2. The Balaban J connectivity index is 2.92. The van der Waals surface area contributed by atoms with E-state index in [0.29, 0.717) is 6.42 Å². The van der Waals surface area contributed by atoms with E-state index in [-0.39, 0.29) is 11.1 Å². The Hall–Kier alpha value is -1.42. The van der Waals surface area contributed by atoms with Gasteiger partial charge in [-0.3, -0.25) is 0 Å². The van der Waals surface area contributed by atoms with E-state index in [2.05, 4.69) is 0 Å². The van der Waals surface area contributed by atoms with Gasteiger partial charge in [0, 0.05) is 11.6 Å². The molecule has 0 saturated heterocycles. The predicted octanol–water partition coefficient (Wildman–Crippen LogP) is 2.71. The van der Waals surface area contributed by atoms with E-state index in [1.807, 2.05) is 6.92 Å². The second kappa shape index (κ2) is 5.61. The van der Waals surface area contributed by atoms with Crippen molar-refractivity contribution in [1.82, 2.24) is 0 Å². The number of unbranched alkanes of at least 4 members (excludes halogenated alkanes) is 1. The fraction of sp³-hybridized carbons (Fsp3) is 0.417. The van der Waals surface area contributed by atoms with Gasteiger partial charge in [0.15, 0.2) is 0 Å². The topological polar surface area (TPSA) is 63.3 Å². The van der Waals surface area contributed by atoms with Crippen LogP contribution in [0, 0.1) is 5.82 Å². The molecule has 0 bridgehead atoms. The van der Waals surface area contributed by atoms with Crippen LogP contribution >= 0.6 is 0 Å². The highest BCUT2D eigenvalue weighted by Gasteiger charge is 2.13. The molecular formula is C12H16FNO2. The molecule has 0 radical (unpaired) electrons. The summed E-state index contributed by atoms with van der Waals surface area (Å²) in [7, 11) is 0. The zero-order valence-electron chi connectivity index (χ0n) is 9.24. The molecule has 0 aliphatic carbocycles. The lowest BCUT2D eigenvalue weighted by Crippen LogP contribution is -2.13. The van der Waals surface area contributed by atoms with Crippen LogP contribution in [0.2, 0.25) is 0 Å². The van der Waals surface area contributed by atoms with Crippen LogP contribution in [0.1, 0.15) is 48.1 Å². The summed E-state index contributed by atoms with van der Waals surface area (Å²) in [6.45, 7) is 2.02. The Bertz CT molecular complexity index is 379. The Kier molecular flexibility index (Phi) is 4.43. The molecule has 1 rings (SSSR count). The molecule has 1 atom stereocenters. The molecule has 88 valence electrons. The summed E-state index contributed by atoms with van der Waals surface area (Å²) in [6.07, 6.45) is 2.54. The molecule has 0 heterocycles. The summed E-state index contributed by atoms with van der Waals surface area (Å²) in [6, 6.07) is 3.29. The first-order valence-electron chi connectivity index (χ1n) is 5.34. The average molecular weight is 225 g/mol. The van der Waals surface area contributed by atoms with Crippen LogP contribution in [-0.2, 0) is 0 Å². The molecule has 0 fully saturated rings. The first-order chi connectivity index (χ1) is 7.56. The van der Waals surface area contributed by atoms with Crippen molar-refractivity contribution in [2.24, 2.45) is 5.73 Å². The lowest BCUT2D eigenvalue weighted by Gasteiger charge is -2.12. The molecule has 0 unspecified atom stereocenters. The van der Waals surface area contributed by atoms with E-state index in [0.717, 1.165) is 18.9 Å². The third-order valence-corrected chi connectivity index (χ3v) is 2.51. The van der Waals surface area contributed by atoms with E-state index in [4.69, 9.17) is 10.8 Å². The molecule has 3 N–H and O–H groups in total. The van der Waals surface area contributed by atoms with Gasteiger partial charge >= 0.3 is 5.97 Å². The van der Waals surface area contributed by atoms with Crippen LogP contribution in [-0.4, -0.2) is 11.1 Å². The van der Waals surface area contributed by atoms with E-state index < -0.39 is 17.8 Å². The quantitative estimate of drug-likeness (QED) is 0.809. The van der Waals surface area contributed by atoms with Crippen molar-refractivity contribution >= 4 is 5.97 Å². The molecule has 0 aliphatic rings. The van der Waals surface area contributed by atoms with Gasteiger partial charge in [-0.15, -0.1) is 0 Å². The molecule has 1 aromatic rings. The fourth-order valence-corrected chi connectivity index (χ4v) is 1.54. The minimum absolute atomic E-state index is 0.0725. The number of nitrogens with two attached hydrogens (primary N) is 1. The molecular weight excluding hydrogens is 209 g/mol. The summed E-state index contributed by atoms with van der Waals surface area (Å²) in [4.78, 5) is 10.7. The second-order valence-corrected chi connectivity index (χ2v) is 3.79. The maximum absolute atomic E-state index is 13.4. The highest BCUT2D eigenvalue weighted by molar-refractivity contribution is 5.87. The minimum Gasteiger partial charge on any atom is -0.478 e. The molecule has 0 saturated carbocycles. The van der Waals surface area contributed by atoms with Gasteiger partial charge in [-0.1, -0.05) is 19.8 Å². The van der Waals surface area contributed by atoms with Crippen molar-refractivity contribution in [1.29, 1.82) is 0 Å². The van der Waals surface area contributed by atoms with Gasteiger partial charge in [0.1, 0.15) is 5.82 Å². The molecule has 0 amide bonds. The number of benzene rings is 1. The summed E-state index contributed by atoms with van der Waals surface area (Å²) in [5.41, 5.74) is 6.18. The van der Waals surface area contributed by atoms with E-state index in [1.54, 1.807) is 0 Å². The molecule has 0 aromatic heterocycles. The first-order valence-corrected chi connectivity index (χ1v) is 5.34. The van der Waals surface area contributed by atoms with Gasteiger partial charge in [-0.25, -0.2) is 9.18 Å². The first kappa shape index (κ1) is 12.6. The fourth-order valence-electron chi connectivity index (χ4n) is 1.54. The highest BCUT2D eigenvalue weighted by Crippen LogP contribution is 2.21. The lowest BCUT2D eigenvalue weighted by molar-refractivity contribution is 0.0696. The largest absolute Gasteiger partial charge is 0.478 e. The molecule has 3 nitrogen and oxygen atoms in total. The van der Waals surface area contributed by atoms with Crippen molar-refractivity contribution in [3.8, 4) is 0 Å². The van der Waals surface area contributed by atoms with E-state index in [9.17, 15) is 9.18 Å². The number of rotatable bonds is 5. The predicted molar refractivity (Wildman–Crippen MR) is 59.8 cm³/mol. The second-order valence-electron chi connectivity index (χ2n) is 3.79. The maximum Gasteiger partial charge on any atom is 0.335 e. The monoisotopic (exact) mass is 225 g/mol. The Morgan fingerprint density at radius 3 is 2.81 bits per heavy atom. The van der Waals surface area contributed by atoms with Crippen molar-refractivity contribution in [3.05, 3.63) is 35.1 Å². The van der Waals surface area contributed by atoms with Gasteiger partial charge in [0.05, 0.1) is 5.56 Å². The zero-order chi connectivity index (χ0) is 12.1. The molecule has 16 heavy (non-hydrogen) atoms. The van der Waals surface area contributed by atoms with Gasteiger partial charge in [0.25, 0.3) is 0 Å². The van der Waals surface area contributed by atoms with Crippen LogP contribution in [0.5, 0.6) is 0 Å². The van der Waals surface area contributed by atoms with Crippen LogP contribution in [0.3, 0.4) is 0 Å². The summed E-state index contributed by atoms with van der Waals surface area (Å²) in [5.74, 6) is -1.50. The van der Waals surface area contributed by atoms with Crippen molar-refractivity contribution < 1.29 is 14.3 Å². The molecule has 1 aromatic carbocycles. The minimum atomic E-state index is -1.07. The Morgan fingerprint density at radius 2 is 2.25 bits per heavy atom. The third kappa shape index (κ3) is 3.03. The molecule has 0 spiro atoms. The van der Waals surface area contributed by atoms with Crippen molar-refractivity contribution in [2.45, 2.75) is 32.2 Å². The van der Waals surface area contributed by atoms with Crippen molar-refractivity contribution in [2.75, 3.05) is 0 Å². The van der Waals surface area contributed by atoms with Crippen LogP contribution < -0.4 is 5.73 Å². The van der Waals surface area contributed by atoms with E-state index >= 15 is 0 Å². The number of carbonyl (C=O) groups is 1. The summed E-state index contributed by atoms with van der Waals surface area (Å²) in [5, 5.41) is 8.79. The number of hydrogen-bond donors (Lipinski definition) is 2. The lowest BCUT2D eigenvalue weighted by atomic mass is 9.99. The summed E-state index contributed by atoms with van der Waals surface area (Å²) >= 11 is 0. The van der Waals surface area contributed by atoms with Crippen molar-refractivity contribution in [3.63, 3.8) is 0 Å². The van der Waals surface area contributed by atoms with Crippen LogP contribution in [0.25, 0.3) is 0 Å². The Labute approximate surface area is 94.1 Å². The SMILES string of the molecule is CCCC[C@@H](N)c1cc(C(=O)O)ccc1F. The van der Waals surface area contributed by atoms with Gasteiger partial charge < -0.3 is 10.8 Å². The number of carboxylic acids is 1. The van der Waals surface area contributed by atoms with Crippen LogP contribution in [0.4, 0.5) is 4.39 Å². The zero-order valence-corrected chi connectivity index (χ0v) is 9.24. The normalized spacial score (nSPS) is 12.4. The maximum atomic E-state index is 13.4. The number of halogens is 1. The molecule has 0 aliphatic heterocycles. The standard InChI is InChI=1S/C12H16FNO2/c1-2-3-4-11(14)9-7-8(12(15)16)5-6-10(9)13/h5-7,11H,2-4,14H2,1H3,(H,15,16)/t11-/m1/s1. The van der Waals surface area contributed by atoms with E-state index in [1.165, 1.54) is 12.1 Å². The molecule has 4 heteroatoms. The Morgan fingerprint density at radius 1 is 1.56 bits per heavy atom. The van der Waals surface area contributed by atoms with Gasteiger partial charge in [0.2, 0.25) is 0 Å². The average Bonchev–Trinajstić information content (AvgIpc) is 2.26. The summed E-state index contributed by atoms with van der Waals surface area (Å²) < 4.78 is 13.4. The number of aromatic carboxylic acids is 1. The highest BCUT2D eigenvalue weighted by atomic mass is 19.1. The third-order valence-electron chi connectivity index (χ3n) is 2.51. The smallest absolute Gasteiger partial charge is 0.335 e. The van der Waals surface area contributed by atoms with Gasteiger partial charge in [-0.05, 0) is 24.6 Å². The number of carboxylic acid groups (broad SMARTS) is 1. The van der Waals surface area contributed by atoms with Gasteiger partial charge in [-0.2, -0.15) is 0 Å². The van der Waals surface area contributed by atoms with Crippen LogP contribution in [0.15, 0.2) is 18.2 Å².